The van der Waals surface area contributed by atoms with Crippen molar-refractivity contribution < 1.29 is 28.8 Å². The molecule has 0 spiro atoms. The van der Waals surface area contributed by atoms with E-state index in [0.717, 1.165) is 131 Å². The maximum Gasteiger partial charge on any atom is 0.152 e. The molecule has 1 rings (SSSR count). The minimum Gasteiger partial charge on any atom is -0.300 e. The third-order valence-corrected chi connectivity index (χ3v) is 17.8. The van der Waals surface area contributed by atoms with Crippen LogP contribution in [-0.4, -0.2) is 34.7 Å². The van der Waals surface area contributed by atoms with Gasteiger partial charge in [0.1, 0.15) is 28.9 Å². The van der Waals surface area contributed by atoms with E-state index in [1.54, 1.807) is 41.5 Å². The van der Waals surface area contributed by atoms with Crippen LogP contribution >= 0.6 is 0 Å². The first kappa shape index (κ1) is 92.0. The van der Waals surface area contributed by atoms with E-state index in [1.165, 1.54) is 160 Å². The summed E-state index contributed by atoms with van der Waals surface area (Å²) in [7, 11) is 0. The van der Waals surface area contributed by atoms with Gasteiger partial charge in [-0.3, -0.25) is 4.79 Å². The van der Waals surface area contributed by atoms with E-state index < -0.39 is 0 Å². The number of hydrogen-bond acceptors (Lipinski definition) is 6. The molecule has 0 aromatic carbocycles. The minimum atomic E-state index is 0.197. The fourth-order valence-electron chi connectivity index (χ4n) is 10.3. The first-order valence-electron chi connectivity index (χ1n) is 36.5. The molecule has 0 aliphatic heterocycles. The predicted molar refractivity (Wildman–Crippen MR) is 381 cm³/mol. The van der Waals surface area contributed by atoms with Crippen molar-refractivity contribution in [1.82, 2.24) is 0 Å². The van der Waals surface area contributed by atoms with Crippen molar-refractivity contribution >= 4 is 34.7 Å². The second kappa shape index (κ2) is 65.2. The van der Waals surface area contributed by atoms with Crippen LogP contribution in [0.15, 0.2) is 36.0 Å². The molecule has 0 amide bonds. The molecule has 0 aromatic heterocycles. The molecule has 0 bridgehead atoms. The molecule has 1 saturated carbocycles. The second-order valence-corrected chi connectivity index (χ2v) is 28.6. The van der Waals surface area contributed by atoms with Crippen LogP contribution in [-0.2, 0) is 28.8 Å². The molecule has 0 heterocycles. The maximum absolute atomic E-state index is 10.8. The van der Waals surface area contributed by atoms with Gasteiger partial charge in [0.05, 0.1) is 0 Å². The molecule has 6 heteroatoms. The summed E-state index contributed by atoms with van der Waals surface area (Å²) in [6.07, 6.45) is 55.8. The van der Waals surface area contributed by atoms with Crippen molar-refractivity contribution in [2.24, 2.45) is 52.8 Å². The fourth-order valence-corrected chi connectivity index (χ4v) is 10.3. The summed E-state index contributed by atoms with van der Waals surface area (Å²) in [5, 5.41) is 0. The van der Waals surface area contributed by atoms with Gasteiger partial charge in [0.25, 0.3) is 0 Å². The summed E-state index contributed by atoms with van der Waals surface area (Å²) < 4.78 is 0. The van der Waals surface area contributed by atoms with E-state index in [-0.39, 0.29) is 5.78 Å². The smallest absolute Gasteiger partial charge is 0.152 e. The van der Waals surface area contributed by atoms with E-state index in [0.29, 0.717) is 40.2 Å². The van der Waals surface area contributed by atoms with Gasteiger partial charge >= 0.3 is 0 Å². The van der Waals surface area contributed by atoms with Gasteiger partial charge in [0.2, 0.25) is 0 Å². The van der Waals surface area contributed by atoms with Crippen LogP contribution in [0.25, 0.3) is 0 Å². The molecular formula is C80H152O6. The van der Waals surface area contributed by atoms with Crippen LogP contribution in [0.1, 0.15) is 389 Å². The summed E-state index contributed by atoms with van der Waals surface area (Å²) in [6.45, 7) is 44.2. The van der Waals surface area contributed by atoms with Gasteiger partial charge in [-0.25, -0.2) is 0 Å². The zero-order valence-electron chi connectivity index (χ0n) is 61.8. The number of carbonyl (C=O) groups excluding carboxylic acids is 6. The lowest BCUT2D eigenvalue weighted by atomic mass is 9.75. The molecule has 86 heavy (non-hydrogen) atoms. The van der Waals surface area contributed by atoms with Crippen LogP contribution < -0.4 is 0 Å². The molecule has 4 unspecified atom stereocenters. The van der Waals surface area contributed by atoms with E-state index in [2.05, 4.69) is 128 Å². The Labute approximate surface area is 538 Å². The van der Waals surface area contributed by atoms with E-state index in [1.807, 2.05) is 6.08 Å². The average molecular weight is 1210 g/mol. The molecule has 8 atom stereocenters. The Morgan fingerprint density at radius 2 is 0.721 bits per heavy atom. The molecule has 0 N–H and O–H groups in total. The molecule has 1 aliphatic carbocycles. The molecule has 6 nitrogen and oxygen atoms in total. The largest absolute Gasteiger partial charge is 0.300 e. The van der Waals surface area contributed by atoms with Crippen molar-refractivity contribution in [3.05, 3.63) is 36.0 Å². The molecule has 1 aliphatic rings. The second-order valence-electron chi connectivity index (χ2n) is 28.6. The zero-order chi connectivity index (χ0) is 66.6. The van der Waals surface area contributed by atoms with Crippen LogP contribution in [0.5, 0.6) is 0 Å². The predicted octanol–water partition coefficient (Wildman–Crippen LogP) is 25.5. The standard InChI is InChI=1S/C17H30O.4C13H26O.C11H18O/c1-3-4-5-6-7-8-9-10-11-12-13-14-15-16-17(2)18;3*1-5-11(2)7-6-8-12(3)9-10-13(4)14;1-5-6-7-8-11(2)12(3)9-10-13(4)14;1-9(12)7-10-5-4-6-11(2,3)8-10/h6-7,10-11H,3-5,8-9,12-16H2,1-2H3;4*11-12H,5-10H2,1-4H3;7H,4-6,8H2,1-3H3/b7-6-,11-10-;;;;;/t;11-,12+;11-,12-;;;/m.11.../s1. The molecule has 508 valence electrons. The Morgan fingerprint density at radius 3 is 1.07 bits per heavy atom. The quantitative estimate of drug-likeness (QED) is 0.0342. The molecule has 0 saturated heterocycles. The highest BCUT2D eigenvalue weighted by molar-refractivity contribution is 5.88. The van der Waals surface area contributed by atoms with E-state index in [4.69, 9.17) is 0 Å². The summed E-state index contributed by atoms with van der Waals surface area (Å²) in [5.41, 5.74) is 1.76. The number of carbonyl (C=O) groups is 6. The van der Waals surface area contributed by atoms with Crippen LogP contribution in [0.2, 0.25) is 0 Å². The number of allylic oxidation sites excluding steroid dienone is 6. The monoisotopic (exact) mass is 1210 g/mol. The summed E-state index contributed by atoms with van der Waals surface area (Å²) in [5.74, 6) is 8.11. The van der Waals surface area contributed by atoms with Crippen LogP contribution in [0, 0.1) is 52.8 Å². The van der Waals surface area contributed by atoms with Crippen molar-refractivity contribution in [3.63, 3.8) is 0 Å². The third-order valence-electron chi connectivity index (χ3n) is 17.8. The molecule has 0 aromatic rings. The van der Waals surface area contributed by atoms with Crippen molar-refractivity contribution in [2.75, 3.05) is 0 Å². The van der Waals surface area contributed by atoms with E-state index >= 15 is 0 Å². The van der Waals surface area contributed by atoms with Crippen LogP contribution in [0.4, 0.5) is 0 Å². The fraction of sp³-hybridized carbons (Fsp3) is 0.850. The van der Waals surface area contributed by atoms with Crippen molar-refractivity contribution in [2.45, 2.75) is 389 Å². The number of ketones is 6. The van der Waals surface area contributed by atoms with Crippen LogP contribution in [0.3, 0.4) is 0 Å². The first-order chi connectivity index (χ1) is 40.5. The first-order valence-corrected chi connectivity index (χ1v) is 36.5. The summed E-state index contributed by atoms with van der Waals surface area (Å²) in [4.78, 5) is 64.7. The van der Waals surface area contributed by atoms with Crippen molar-refractivity contribution in [1.29, 1.82) is 0 Å². The number of unbranched alkanes of at least 4 members (excludes halogenated alkanes) is 8. The summed E-state index contributed by atoms with van der Waals surface area (Å²) >= 11 is 0. The molecule has 1 fully saturated rings. The van der Waals surface area contributed by atoms with Gasteiger partial charge in [-0.15, -0.1) is 0 Å². The number of hydrogen-bond donors (Lipinski definition) is 0. The molecule has 0 radical (unpaired) electrons. The highest BCUT2D eigenvalue weighted by Gasteiger charge is 2.24. The Hall–Kier alpha value is -2.76. The average Bonchev–Trinajstić information content (AvgIpc) is 3.61. The maximum atomic E-state index is 10.8. The van der Waals surface area contributed by atoms with Gasteiger partial charge in [-0.05, 0) is 190 Å². The van der Waals surface area contributed by atoms with Gasteiger partial charge in [-0.1, -0.05) is 256 Å². The highest BCUT2D eigenvalue weighted by atomic mass is 16.1. The number of rotatable bonds is 45. The van der Waals surface area contributed by atoms with Gasteiger partial charge in [0, 0.05) is 32.1 Å². The Bertz CT molecular complexity index is 1590. The highest BCUT2D eigenvalue weighted by Crippen LogP contribution is 2.38. The summed E-state index contributed by atoms with van der Waals surface area (Å²) in [6, 6.07) is 0. The molecular weight excluding hydrogens is 1060 g/mol. The topological polar surface area (TPSA) is 102 Å². The third kappa shape index (κ3) is 79.3. The van der Waals surface area contributed by atoms with Gasteiger partial charge in [-0.2, -0.15) is 0 Å². The lowest BCUT2D eigenvalue weighted by Crippen LogP contribution is -2.17. The Balaban J connectivity index is -0.000000306. The minimum absolute atomic E-state index is 0.197. The van der Waals surface area contributed by atoms with Gasteiger partial charge < -0.3 is 24.0 Å². The van der Waals surface area contributed by atoms with Crippen molar-refractivity contribution in [3.8, 4) is 0 Å². The zero-order valence-corrected chi connectivity index (χ0v) is 61.8. The number of Topliss-reactive ketones (excluding diaryl/α,β-unsaturated/α-hetero) is 5. The Kier molecular flexibility index (Phi) is 69.7. The Morgan fingerprint density at radius 1 is 0.372 bits per heavy atom. The SMILES string of the molecule is CC(=O)C=C1CCCC(C)(C)C1.CCC(C)CCCC(C)CCC(C)=O.CCCC/C=C\CC/C=C\CCCCCC(C)=O.CCCCCC(C)C(C)CCC(C)=O.CC[C@@H](C)CCC[C@@H](C)CCC(C)=O.CC[C@@H](C)CCC[C@H](C)CCC(C)=O. The lowest BCUT2D eigenvalue weighted by Gasteiger charge is -2.31. The van der Waals surface area contributed by atoms with E-state index in [9.17, 15) is 28.8 Å². The van der Waals surface area contributed by atoms with Gasteiger partial charge in [0.15, 0.2) is 5.78 Å². The lowest BCUT2D eigenvalue weighted by molar-refractivity contribution is -0.118. The normalized spacial score (nSPS) is 15.9.